The van der Waals surface area contributed by atoms with Crippen LogP contribution in [0.25, 0.3) is 0 Å². The Morgan fingerprint density at radius 1 is 1.43 bits per heavy atom. The summed E-state index contributed by atoms with van der Waals surface area (Å²) in [5.74, 6) is -0.621. The van der Waals surface area contributed by atoms with E-state index in [4.69, 9.17) is 4.74 Å². The lowest BCUT2D eigenvalue weighted by Crippen LogP contribution is -2.26. The molecule has 0 N–H and O–H groups in total. The molecule has 1 heterocycles. The molecule has 1 amide bonds. The number of nitrogens with zero attached hydrogens (tertiary/aromatic N) is 1. The topological polar surface area (TPSA) is 46.6 Å². The Morgan fingerprint density at radius 2 is 2.14 bits per heavy atom. The van der Waals surface area contributed by atoms with Crippen molar-refractivity contribution in [2.24, 2.45) is 5.92 Å². The van der Waals surface area contributed by atoms with Crippen LogP contribution in [0.2, 0.25) is 0 Å². The van der Waals surface area contributed by atoms with Crippen LogP contribution in [0.1, 0.15) is 31.4 Å². The highest BCUT2D eigenvalue weighted by atomic mass is 127. The van der Waals surface area contributed by atoms with E-state index in [1.807, 2.05) is 13.0 Å². The fraction of sp³-hybridized carbons (Fsp3) is 0.500. The molecule has 0 radical (unpaired) electrons. The number of ether oxygens (including phenoxy) is 1. The number of halogens is 1. The van der Waals surface area contributed by atoms with Crippen molar-refractivity contribution in [3.8, 4) is 0 Å². The van der Waals surface area contributed by atoms with Gasteiger partial charge in [-0.1, -0.05) is 6.92 Å². The molecular weight excluding hydrogens is 381 g/mol. The molecule has 21 heavy (non-hydrogen) atoms. The number of carbonyl (C=O) groups excluding carboxylic acids is 2. The minimum Gasteiger partial charge on any atom is -0.466 e. The van der Waals surface area contributed by atoms with Gasteiger partial charge < -0.3 is 9.64 Å². The van der Waals surface area contributed by atoms with Crippen LogP contribution in [0.15, 0.2) is 12.1 Å². The zero-order chi connectivity index (χ0) is 15.6. The van der Waals surface area contributed by atoms with Gasteiger partial charge in [-0.15, -0.1) is 0 Å². The van der Waals surface area contributed by atoms with Gasteiger partial charge in [-0.25, -0.2) is 0 Å². The van der Waals surface area contributed by atoms with Crippen LogP contribution >= 0.6 is 22.6 Å². The predicted molar refractivity (Wildman–Crippen MR) is 90.4 cm³/mol. The minimum atomic E-state index is -0.345. The molecule has 1 aromatic carbocycles. The molecule has 114 valence electrons. The van der Waals surface area contributed by atoms with E-state index in [-0.39, 0.29) is 24.2 Å². The number of benzene rings is 1. The van der Waals surface area contributed by atoms with Crippen LogP contribution in [0.4, 0.5) is 5.69 Å². The average Bonchev–Trinajstić information content (AvgIpc) is 2.84. The largest absolute Gasteiger partial charge is 0.466 e. The molecule has 1 saturated heterocycles. The zero-order valence-corrected chi connectivity index (χ0v) is 14.8. The van der Waals surface area contributed by atoms with Gasteiger partial charge in [0.15, 0.2) is 0 Å². The van der Waals surface area contributed by atoms with Gasteiger partial charge >= 0.3 is 5.97 Å². The number of esters is 1. The second-order valence-electron chi connectivity index (χ2n) is 5.25. The van der Waals surface area contributed by atoms with E-state index in [1.165, 1.54) is 9.13 Å². The quantitative estimate of drug-likeness (QED) is 0.576. The fourth-order valence-corrected chi connectivity index (χ4v) is 3.30. The van der Waals surface area contributed by atoms with Crippen molar-refractivity contribution in [2.75, 3.05) is 18.1 Å². The molecule has 0 bridgehead atoms. The van der Waals surface area contributed by atoms with E-state index in [0.717, 1.165) is 17.7 Å². The first-order valence-electron chi connectivity index (χ1n) is 7.23. The molecule has 1 aliphatic rings. The van der Waals surface area contributed by atoms with E-state index in [9.17, 15) is 9.59 Å². The van der Waals surface area contributed by atoms with Crippen molar-refractivity contribution in [1.29, 1.82) is 0 Å². The van der Waals surface area contributed by atoms with Gasteiger partial charge in [0.2, 0.25) is 5.91 Å². The second kappa shape index (κ2) is 6.77. The van der Waals surface area contributed by atoms with Crippen molar-refractivity contribution in [2.45, 2.75) is 33.6 Å². The summed E-state index contributed by atoms with van der Waals surface area (Å²) in [6, 6.07) is 4.08. The Hall–Kier alpha value is -1.11. The molecule has 4 nitrogen and oxygen atoms in total. The van der Waals surface area contributed by atoms with Crippen molar-refractivity contribution in [1.82, 2.24) is 0 Å². The molecule has 1 atom stereocenters. The number of hydrogen-bond acceptors (Lipinski definition) is 3. The van der Waals surface area contributed by atoms with Gasteiger partial charge in [0.25, 0.3) is 0 Å². The van der Waals surface area contributed by atoms with E-state index in [2.05, 4.69) is 35.6 Å². The van der Waals surface area contributed by atoms with E-state index in [0.29, 0.717) is 13.2 Å². The van der Waals surface area contributed by atoms with Gasteiger partial charge in [0.05, 0.1) is 12.5 Å². The molecule has 0 aliphatic carbocycles. The summed E-state index contributed by atoms with van der Waals surface area (Å²) < 4.78 is 6.27. The summed E-state index contributed by atoms with van der Waals surface area (Å²) >= 11 is 2.34. The normalized spacial score (nSPS) is 18.2. The van der Waals surface area contributed by atoms with E-state index in [1.54, 1.807) is 11.8 Å². The highest BCUT2D eigenvalue weighted by molar-refractivity contribution is 14.1. The van der Waals surface area contributed by atoms with Crippen LogP contribution in [-0.2, 0) is 20.7 Å². The van der Waals surface area contributed by atoms with Crippen molar-refractivity contribution in [3.05, 3.63) is 26.8 Å². The number of carbonyl (C=O) groups is 2. The van der Waals surface area contributed by atoms with E-state index >= 15 is 0 Å². The Kier molecular flexibility index (Phi) is 5.24. The van der Waals surface area contributed by atoms with Gasteiger partial charge in [-0.05, 0) is 66.1 Å². The van der Waals surface area contributed by atoms with Crippen LogP contribution in [0, 0.1) is 16.4 Å². The maximum Gasteiger partial charge on any atom is 0.311 e. The predicted octanol–water partition coefficient (Wildman–Crippen LogP) is 3.08. The summed E-state index contributed by atoms with van der Waals surface area (Å²) in [4.78, 5) is 25.7. The number of amides is 1. The molecule has 1 aromatic rings. The first-order chi connectivity index (χ1) is 9.97. The third-order valence-corrected chi connectivity index (χ3v) is 5.30. The van der Waals surface area contributed by atoms with Crippen molar-refractivity contribution >= 4 is 40.2 Å². The minimum absolute atomic E-state index is 0.00397. The summed E-state index contributed by atoms with van der Waals surface area (Å²) in [5, 5.41) is 0. The zero-order valence-electron chi connectivity index (χ0n) is 12.6. The second-order valence-corrected chi connectivity index (χ2v) is 6.33. The summed E-state index contributed by atoms with van der Waals surface area (Å²) in [7, 11) is 0. The maximum atomic E-state index is 12.2. The van der Waals surface area contributed by atoms with Crippen LogP contribution in [0.3, 0.4) is 0 Å². The highest BCUT2D eigenvalue weighted by Gasteiger charge is 2.36. The Balaban J connectivity index is 2.25. The van der Waals surface area contributed by atoms with Gasteiger partial charge in [0.1, 0.15) is 0 Å². The summed E-state index contributed by atoms with van der Waals surface area (Å²) in [6.45, 7) is 6.71. The Labute approximate surface area is 139 Å². The number of aryl methyl sites for hydroxylation is 2. The number of anilines is 1. The molecule has 1 aliphatic heterocycles. The van der Waals surface area contributed by atoms with Gasteiger partial charge in [0, 0.05) is 22.2 Å². The third kappa shape index (κ3) is 3.39. The van der Waals surface area contributed by atoms with Gasteiger partial charge in [-0.2, -0.15) is 0 Å². The summed E-state index contributed by atoms with van der Waals surface area (Å²) in [6.07, 6.45) is 1.17. The Bertz CT molecular complexity index is 571. The molecule has 0 saturated carbocycles. The smallest absolute Gasteiger partial charge is 0.311 e. The van der Waals surface area contributed by atoms with Crippen molar-refractivity contribution < 1.29 is 14.3 Å². The van der Waals surface area contributed by atoms with Crippen LogP contribution in [-0.4, -0.2) is 25.0 Å². The lowest BCUT2D eigenvalue weighted by atomic mass is 10.1. The van der Waals surface area contributed by atoms with E-state index < -0.39 is 0 Å². The molecule has 5 heteroatoms. The lowest BCUT2D eigenvalue weighted by molar-refractivity contribution is -0.147. The Morgan fingerprint density at radius 3 is 2.76 bits per heavy atom. The highest BCUT2D eigenvalue weighted by Crippen LogP contribution is 2.30. The van der Waals surface area contributed by atoms with Crippen LogP contribution < -0.4 is 4.90 Å². The molecule has 1 fully saturated rings. The molecule has 0 unspecified atom stereocenters. The van der Waals surface area contributed by atoms with Crippen LogP contribution in [0.5, 0.6) is 0 Å². The third-order valence-electron chi connectivity index (χ3n) is 3.75. The number of rotatable bonds is 4. The standard InChI is InChI=1S/C16H20INO3/c1-4-11-7-13(6-10(3)15(11)17)18-9-12(8-14(18)19)16(20)21-5-2/h6-7,12H,4-5,8-9H2,1-3H3/t12-/m0/s1. The number of hydrogen-bond donors (Lipinski definition) is 0. The fourth-order valence-electron chi connectivity index (χ4n) is 2.61. The van der Waals surface area contributed by atoms with Gasteiger partial charge in [-0.3, -0.25) is 9.59 Å². The first kappa shape index (κ1) is 16.3. The van der Waals surface area contributed by atoms with Crippen molar-refractivity contribution in [3.63, 3.8) is 0 Å². The molecular formula is C16H20INO3. The molecule has 0 spiro atoms. The monoisotopic (exact) mass is 401 g/mol. The average molecular weight is 401 g/mol. The lowest BCUT2D eigenvalue weighted by Gasteiger charge is -2.19. The molecule has 0 aromatic heterocycles. The first-order valence-corrected chi connectivity index (χ1v) is 8.31. The summed E-state index contributed by atoms with van der Waals surface area (Å²) in [5.41, 5.74) is 3.29. The molecule has 2 rings (SSSR count). The maximum absolute atomic E-state index is 12.2. The SMILES string of the molecule is CCOC(=O)[C@H]1CC(=O)N(c2cc(C)c(I)c(CC)c2)C1.